The van der Waals surface area contributed by atoms with E-state index >= 15 is 0 Å². The molecule has 0 aromatic heterocycles. The zero-order valence-electron chi connectivity index (χ0n) is 15.0. The minimum Gasteiger partial charge on any atom is -0.466 e. The summed E-state index contributed by atoms with van der Waals surface area (Å²) in [5.74, 6) is 0.399. The van der Waals surface area contributed by atoms with E-state index in [1.54, 1.807) is 0 Å². The van der Waals surface area contributed by atoms with Gasteiger partial charge in [-0.15, -0.1) is 0 Å². The number of para-hydroxylation sites is 1. The summed E-state index contributed by atoms with van der Waals surface area (Å²) in [6.07, 6.45) is 7.81. The molecule has 0 atom stereocenters. The monoisotopic (exact) mass is 334 g/mol. The van der Waals surface area contributed by atoms with Crippen LogP contribution in [0, 0.1) is 6.92 Å². The van der Waals surface area contributed by atoms with Crippen LogP contribution in [0.15, 0.2) is 24.3 Å². The molecule has 0 radical (unpaired) electrons. The Bertz CT molecular complexity index is 496. The minimum atomic E-state index is -0.164. The molecule has 0 N–H and O–H groups in total. The van der Waals surface area contributed by atoms with Crippen LogP contribution in [0.4, 0.5) is 0 Å². The van der Waals surface area contributed by atoms with Crippen LogP contribution in [0.3, 0.4) is 0 Å². The van der Waals surface area contributed by atoms with Crippen LogP contribution < -0.4 is 4.74 Å². The molecule has 134 valence electrons. The predicted octanol–water partition coefficient (Wildman–Crippen LogP) is 4.97. The second-order valence-electron chi connectivity index (χ2n) is 6.08. The Labute approximate surface area is 145 Å². The number of aryl methyl sites for hydroxylation is 1. The normalized spacial score (nSPS) is 10.4. The van der Waals surface area contributed by atoms with Crippen LogP contribution in [0.1, 0.15) is 70.3 Å². The van der Waals surface area contributed by atoms with E-state index in [0.717, 1.165) is 50.5 Å². The molecule has 0 heterocycles. The van der Waals surface area contributed by atoms with Crippen LogP contribution in [-0.4, -0.2) is 18.5 Å². The summed E-state index contributed by atoms with van der Waals surface area (Å²) in [7, 11) is 0. The van der Waals surface area contributed by atoms with Gasteiger partial charge in [-0.2, -0.15) is 0 Å². The summed E-state index contributed by atoms with van der Waals surface area (Å²) in [5, 5.41) is 0. The van der Waals surface area contributed by atoms with Crippen molar-refractivity contribution < 1.29 is 19.1 Å². The van der Waals surface area contributed by atoms with Crippen molar-refractivity contribution in [3.05, 3.63) is 29.8 Å². The van der Waals surface area contributed by atoms with Crippen molar-refractivity contribution in [2.75, 3.05) is 6.61 Å². The van der Waals surface area contributed by atoms with Crippen LogP contribution in [0.2, 0.25) is 0 Å². The fraction of sp³-hybridized carbons (Fsp3) is 0.600. The van der Waals surface area contributed by atoms with Gasteiger partial charge in [0.25, 0.3) is 0 Å². The number of hydrogen-bond donors (Lipinski definition) is 0. The largest absolute Gasteiger partial charge is 0.466 e. The van der Waals surface area contributed by atoms with Crippen LogP contribution in [-0.2, 0) is 14.3 Å². The van der Waals surface area contributed by atoms with Gasteiger partial charge in [0.15, 0.2) is 0 Å². The summed E-state index contributed by atoms with van der Waals surface area (Å²) in [6.45, 7) is 4.45. The molecule has 4 nitrogen and oxygen atoms in total. The number of benzene rings is 1. The highest BCUT2D eigenvalue weighted by atomic mass is 16.5. The zero-order valence-corrected chi connectivity index (χ0v) is 15.0. The third-order valence-electron chi connectivity index (χ3n) is 3.80. The number of carbonyl (C=O) groups is 2. The van der Waals surface area contributed by atoms with E-state index in [1.807, 2.05) is 38.1 Å². The highest BCUT2D eigenvalue weighted by molar-refractivity contribution is 5.72. The van der Waals surface area contributed by atoms with E-state index in [4.69, 9.17) is 9.47 Å². The molecule has 0 unspecified atom stereocenters. The number of esters is 2. The summed E-state index contributed by atoms with van der Waals surface area (Å²) < 4.78 is 10.4. The molecule has 1 aromatic rings. The lowest BCUT2D eigenvalue weighted by atomic mass is 10.1. The molecule has 0 aliphatic heterocycles. The Hall–Kier alpha value is -1.84. The van der Waals surface area contributed by atoms with Gasteiger partial charge in [0.2, 0.25) is 0 Å². The number of carbonyl (C=O) groups excluding carboxylic acids is 2. The van der Waals surface area contributed by atoms with E-state index in [1.165, 1.54) is 0 Å². The number of rotatable bonds is 12. The molecule has 0 saturated carbocycles. The van der Waals surface area contributed by atoms with Crippen molar-refractivity contribution in [1.29, 1.82) is 0 Å². The average molecular weight is 334 g/mol. The van der Waals surface area contributed by atoms with E-state index in [-0.39, 0.29) is 11.9 Å². The summed E-state index contributed by atoms with van der Waals surface area (Å²) >= 11 is 0. The summed E-state index contributed by atoms with van der Waals surface area (Å²) in [4.78, 5) is 23.1. The fourth-order valence-corrected chi connectivity index (χ4v) is 2.38. The lowest BCUT2D eigenvalue weighted by molar-refractivity contribution is -0.143. The van der Waals surface area contributed by atoms with Gasteiger partial charge in [-0.3, -0.25) is 9.59 Å². The van der Waals surface area contributed by atoms with E-state index in [9.17, 15) is 9.59 Å². The molecular weight excluding hydrogens is 304 g/mol. The molecule has 4 heteroatoms. The van der Waals surface area contributed by atoms with E-state index in [2.05, 4.69) is 0 Å². The molecule has 1 aromatic carbocycles. The lowest BCUT2D eigenvalue weighted by Gasteiger charge is -2.07. The third-order valence-corrected chi connectivity index (χ3v) is 3.80. The van der Waals surface area contributed by atoms with Gasteiger partial charge in [-0.25, -0.2) is 0 Å². The van der Waals surface area contributed by atoms with Crippen molar-refractivity contribution in [2.24, 2.45) is 0 Å². The molecule has 0 bridgehead atoms. The number of unbranched alkanes of at least 4 members (excludes halogenated alkanes) is 5. The standard InChI is InChI=1S/C20H30O4/c1-3-16-23-19(21)14-8-6-4-5-7-9-15-20(22)24-18-13-11-10-12-17(18)2/h10-13H,3-9,14-16H2,1-2H3. The van der Waals surface area contributed by atoms with Gasteiger partial charge >= 0.3 is 11.9 Å². The highest BCUT2D eigenvalue weighted by Crippen LogP contribution is 2.17. The van der Waals surface area contributed by atoms with E-state index in [0.29, 0.717) is 25.2 Å². The van der Waals surface area contributed by atoms with Crippen LogP contribution in [0.5, 0.6) is 5.75 Å². The van der Waals surface area contributed by atoms with Gasteiger partial charge in [-0.1, -0.05) is 50.8 Å². The smallest absolute Gasteiger partial charge is 0.311 e. The van der Waals surface area contributed by atoms with Gasteiger partial charge in [0.1, 0.15) is 5.75 Å². The first-order valence-corrected chi connectivity index (χ1v) is 9.05. The minimum absolute atomic E-state index is 0.0872. The Morgan fingerprint density at radius 3 is 2.08 bits per heavy atom. The van der Waals surface area contributed by atoms with Crippen molar-refractivity contribution in [2.45, 2.75) is 71.6 Å². The molecule has 0 aliphatic carbocycles. The first-order chi connectivity index (χ1) is 11.6. The van der Waals surface area contributed by atoms with Gasteiger partial charge in [0, 0.05) is 12.8 Å². The topological polar surface area (TPSA) is 52.6 Å². The third kappa shape index (κ3) is 9.33. The van der Waals surface area contributed by atoms with Crippen LogP contribution >= 0.6 is 0 Å². The zero-order chi connectivity index (χ0) is 17.6. The maximum absolute atomic E-state index is 11.8. The summed E-state index contributed by atoms with van der Waals surface area (Å²) in [5.41, 5.74) is 0.975. The van der Waals surface area contributed by atoms with Gasteiger partial charge < -0.3 is 9.47 Å². The van der Waals surface area contributed by atoms with Crippen molar-refractivity contribution in [3.63, 3.8) is 0 Å². The second kappa shape index (κ2) is 12.6. The first-order valence-electron chi connectivity index (χ1n) is 9.05. The van der Waals surface area contributed by atoms with Gasteiger partial charge in [0.05, 0.1) is 6.61 Å². The molecule has 0 saturated heterocycles. The molecule has 0 spiro atoms. The molecule has 0 amide bonds. The maximum Gasteiger partial charge on any atom is 0.311 e. The second-order valence-corrected chi connectivity index (χ2v) is 6.08. The maximum atomic E-state index is 11.8. The Balaban J connectivity index is 1.97. The molecular formula is C20H30O4. The average Bonchev–Trinajstić information content (AvgIpc) is 2.57. The predicted molar refractivity (Wildman–Crippen MR) is 95.0 cm³/mol. The highest BCUT2D eigenvalue weighted by Gasteiger charge is 2.06. The molecule has 24 heavy (non-hydrogen) atoms. The quantitative estimate of drug-likeness (QED) is 0.307. The fourth-order valence-electron chi connectivity index (χ4n) is 2.38. The van der Waals surface area contributed by atoms with Crippen molar-refractivity contribution >= 4 is 11.9 Å². The molecule has 1 rings (SSSR count). The number of hydrogen-bond acceptors (Lipinski definition) is 4. The molecule has 0 fully saturated rings. The Morgan fingerprint density at radius 1 is 0.875 bits per heavy atom. The Kier molecular flexibility index (Phi) is 10.6. The SMILES string of the molecule is CCCOC(=O)CCCCCCCCC(=O)Oc1ccccc1C. The Morgan fingerprint density at radius 2 is 1.46 bits per heavy atom. The van der Waals surface area contributed by atoms with Crippen LogP contribution in [0.25, 0.3) is 0 Å². The summed E-state index contributed by atoms with van der Waals surface area (Å²) in [6, 6.07) is 7.54. The van der Waals surface area contributed by atoms with Crippen molar-refractivity contribution in [1.82, 2.24) is 0 Å². The van der Waals surface area contributed by atoms with Gasteiger partial charge in [-0.05, 0) is 37.8 Å². The first kappa shape index (κ1) is 20.2. The molecule has 0 aliphatic rings. The lowest BCUT2D eigenvalue weighted by Crippen LogP contribution is -2.08. The van der Waals surface area contributed by atoms with Crippen molar-refractivity contribution in [3.8, 4) is 5.75 Å². The van der Waals surface area contributed by atoms with E-state index < -0.39 is 0 Å². The number of ether oxygens (including phenoxy) is 2.